The molecule has 4 aromatic rings. The van der Waals surface area contributed by atoms with Gasteiger partial charge < -0.3 is 9.72 Å². The Hall–Kier alpha value is -2.86. The number of ether oxygens (including phenoxy) is 1. The minimum absolute atomic E-state index is 0.0537. The Bertz CT molecular complexity index is 1190. The molecular formula is C20H18N2O3S. The van der Waals surface area contributed by atoms with Crippen molar-refractivity contribution < 1.29 is 9.53 Å². The molecule has 26 heavy (non-hydrogen) atoms. The summed E-state index contributed by atoms with van der Waals surface area (Å²) in [5, 5.41) is 0.954. The predicted octanol–water partition coefficient (Wildman–Crippen LogP) is 4.99. The van der Waals surface area contributed by atoms with Crippen LogP contribution in [0.2, 0.25) is 0 Å². The average Bonchev–Trinajstić information content (AvgIpc) is 3.13. The van der Waals surface area contributed by atoms with Gasteiger partial charge in [0.15, 0.2) is 0 Å². The summed E-state index contributed by atoms with van der Waals surface area (Å²) >= 11 is 1.20. The number of hydrogen-bond donors (Lipinski definition) is 1. The van der Waals surface area contributed by atoms with Gasteiger partial charge in [0.25, 0.3) is 0 Å². The van der Waals surface area contributed by atoms with Crippen LogP contribution in [-0.4, -0.2) is 21.2 Å². The lowest BCUT2D eigenvalue weighted by Gasteiger charge is -2.19. The molecule has 2 heterocycles. The van der Waals surface area contributed by atoms with E-state index in [0.29, 0.717) is 0 Å². The zero-order valence-corrected chi connectivity index (χ0v) is 15.5. The molecule has 0 saturated carbocycles. The molecule has 0 radical (unpaired) electrons. The standard InChI is InChI=1S/C20H18N2O3S/c1-20(2,3)25-19(24)22-9-8-14-10-12(5-7-16(14)22)13-4-6-15-17(11-13)26-18(23)21-15/h4-11H,1-3H3,(H,21,23). The van der Waals surface area contributed by atoms with Crippen LogP contribution in [0.15, 0.2) is 53.5 Å². The first-order chi connectivity index (χ1) is 12.3. The fourth-order valence-corrected chi connectivity index (χ4v) is 3.69. The Kier molecular flexibility index (Phi) is 3.73. The van der Waals surface area contributed by atoms with E-state index < -0.39 is 11.7 Å². The number of aromatic nitrogens is 2. The van der Waals surface area contributed by atoms with Crippen LogP contribution >= 0.6 is 11.3 Å². The number of rotatable bonds is 1. The highest BCUT2D eigenvalue weighted by Gasteiger charge is 2.19. The van der Waals surface area contributed by atoms with E-state index in [2.05, 4.69) is 4.98 Å². The van der Waals surface area contributed by atoms with E-state index in [0.717, 1.165) is 32.2 Å². The summed E-state index contributed by atoms with van der Waals surface area (Å²) in [6.07, 6.45) is 1.34. The zero-order chi connectivity index (χ0) is 18.5. The molecule has 2 aromatic carbocycles. The number of hydrogen-bond acceptors (Lipinski definition) is 4. The topological polar surface area (TPSA) is 64.1 Å². The number of carbonyl (C=O) groups is 1. The summed E-state index contributed by atoms with van der Waals surface area (Å²) in [7, 11) is 0. The number of aromatic amines is 1. The third kappa shape index (κ3) is 3.04. The van der Waals surface area contributed by atoms with Crippen molar-refractivity contribution in [2.45, 2.75) is 26.4 Å². The van der Waals surface area contributed by atoms with Crippen LogP contribution in [0.3, 0.4) is 0 Å². The van der Waals surface area contributed by atoms with Gasteiger partial charge >= 0.3 is 11.0 Å². The molecule has 1 N–H and O–H groups in total. The maximum Gasteiger partial charge on any atom is 0.418 e. The van der Waals surface area contributed by atoms with E-state index in [1.807, 2.05) is 63.2 Å². The number of benzene rings is 2. The average molecular weight is 366 g/mol. The van der Waals surface area contributed by atoms with Crippen molar-refractivity contribution in [2.24, 2.45) is 0 Å². The monoisotopic (exact) mass is 366 g/mol. The highest BCUT2D eigenvalue weighted by atomic mass is 32.1. The minimum Gasteiger partial charge on any atom is -0.443 e. The number of nitrogens with zero attached hydrogens (tertiary/aromatic N) is 1. The summed E-state index contributed by atoms with van der Waals surface area (Å²) in [6.45, 7) is 5.54. The molecule has 132 valence electrons. The Labute approximate surface area is 153 Å². The van der Waals surface area contributed by atoms with E-state index in [4.69, 9.17) is 4.74 Å². The second-order valence-corrected chi connectivity index (χ2v) is 8.18. The van der Waals surface area contributed by atoms with Crippen molar-refractivity contribution in [3.05, 3.63) is 58.3 Å². The summed E-state index contributed by atoms with van der Waals surface area (Å²) in [5.74, 6) is 0. The molecule has 0 amide bonds. The number of H-pyrrole nitrogens is 1. The largest absolute Gasteiger partial charge is 0.443 e. The summed E-state index contributed by atoms with van der Waals surface area (Å²) in [5.41, 5.74) is 3.17. The number of thiazole rings is 1. The van der Waals surface area contributed by atoms with Crippen molar-refractivity contribution in [3.8, 4) is 11.1 Å². The fraction of sp³-hybridized carbons (Fsp3) is 0.200. The zero-order valence-electron chi connectivity index (χ0n) is 14.7. The molecule has 6 heteroatoms. The number of carbonyl (C=O) groups excluding carboxylic acids is 1. The van der Waals surface area contributed by atoms with Gasteiger partial charge in [0, 0.05) is 11.6 Å². The molecular weight excluding hydrogens is 348 g/mol. The molecule has 0 aliphatic heterocycles. The molecule has 2 aromatic heterocycles. The van der Waals surface area contributed by atoms with Gasteiger partial charge in [-0.05, 0) is 62.2 Å². The van der Waals surface area contributed by atoms with Gasteiger partial charge in [0.2, 0.25) is 0 Å². The van der Waals surface area contributed by atoms with Crippen molar-refractivity contribution in [1.82, 2.24) is 9.55 Å². The lowest BCUT2D eigenvalue weighted by atomic mass is 10.0. The molecule has 0 fully saturated rings. The van der Waals surface area contributed by atoms with Gasteiger partial charge in [0.1, 0.15) is 5.60 Å². The Morgan fingerprint density at radius 1 is 1.08 bits per heavy atom. The van der Waals surface area contributed by atoms with Gasteiger partial charge in [-0.15, -0.1) is 0 Å². The molecule has 4 rings (SSSR count). The first-order valence-corrected chi connectivity index (χ1v) is 9.09. The molecule has 0 bridgehead atoms. The van der Waals surface area contributed by atoms with Gasteiger partial charge in [-0.1, -0.05) is 23.5 Å². The highest BCUT2D eigenvalue weighted by molar-refractivity contribution is 7.16. The van der Waals surface area contributed by atoms with Crippen LogP contribution in [0.5, 0.6) is 0 Å². The highest BCUT2D eigenvalue weighted by Crippen LogP contribution is 2.28. The SMILES string of the molecule is CC(C)(C)OC(=O)n1ccc2cc(-c3ccc4[nH]c(=O)sc4c3)ccc21. The van der Waals surface area contributed by atoms with Crippen LogP contribution in [0.1, 0.15) is 20.8 Å². The van der Waals surface area contributed by atoms with Crippen molar-refractivity contribution in [3.63, 3.8) is 0 Å². The third-order valence-corrected chi connectivity index (χ3v) is 4.88. The predicted molar refractivity (Wildman–Crippen MR) is 105 cm³/mol. The van der Waals surface area contributed by atoms with Crippen LogP contribution in [-0.2, 0) is 4.74 Å². The van der Waals surface area contributed by atoms with E-state index in [9.17, 15) is 9.59 Å². The maximum atomic E-state index is 12.3. The first kappa shape index (κ1) is 16.6. The number of nitrogens with one attached hydrogen (secondary N) is 1. The van der Waals surface area contributed by atoms with Gasteiger partial charge in [0.05, 0.1) is 15.7 Å². The van der Waals surface area contributed by atoms with E-state index in [1.54, 1.807) is 6.20 Å². The van der Waals surface area contributed by atoms with Gasteiger partial charge in [-0.2, -0.15) is 0 Å². The summed E-state index contributed by atoms with van der Waals surface area (Å²) in [4.78, 5) is 26.6. The second-order valence-electron chi connectivity index (χ2n) is 7.17. The maximum absolute atomic E-state index is 12.3. The molecule has 0 aliphatic carbocycles. The molecule has 0 spiro atoms. The first-order valence-electron chi connectivity index (χ1n) is 8.28. The van der Waals surface area contributed by atoms with Crippen LogP contribution < -0.4 is 4.87 Å². The van der Waals surface area contributed by atoms with Crippen molar-refractivity contribution in [1.29, 1.82) is 0 Å². The van der Waals surface area contributed by atoms with E-state index in [1.165, 1.54) is 15.9 Å². The summed E-state index contributed by atoms with van der Waals surface area (Å²) in [6, 6.07) is 13.7. The van der Waals surface area contributed by atoms with Crippen molar-refractivity contribution in [2.75, 3.05) is 0 Å². The minimum atomic E-state index is -0.541. The van der Waals surface area contributed by atoms with Gasteiger partial charge in [-0.25, -0.2) is 4.79 Å². The number of fused-ring (bicyclic) bond motifs is 2. The van der Waals surface area contributed by atoms with Gasteiger partial charge in [-0.3, -0.25) is 9.36 Å². The molecule has 5 nitrogen and oxygen atoms in total. The molecule has 0 atom stereocenters. The molecule has 0 aliphatic rings. The third-order valence-electron chi connectivity index (χ3n) is 4.03. The quantitative estimate of drug-likeness (QED) is 0.516. The van der Waals surface area contributed by atoms with Crippen molar-refractivity contribution >= 4 is 38.5 Å². The molecule has 0 unspecified atom stereocenters. The molecule has 0 saturated heterocycles. The summed E-state index contributed by atoms with van der Waals surface area (Å²) < 4.78 is 7.90. The Balaban J connectivity index is 1.74. The van der Waals surface area contributed by atoms with E-state index >= 15 is 0 Å². The van der Waals surface area contributed by atoms with Crippen LogP contribution in [0.25, 0.3) is 32.2 Å². The fourth-order valence-electron chi connectivity index (χ4n) is 2.92. The normalized spacial score (nSPS) is 12.0. The van der Waals surface area contributed by atoms with Crippen LogP contribution in [0, 0.1) is 0 Å². The van der Waals surface area contributed by atoms with Crippen LogP contribution in [0.4, 0.5) is 4.79 Å². The second kappa shape index (κ2) is 5.85. The smallest absolute Gasteiger partial charge is 0.418 e. The Morgan fingerprint density at radius 2 is 1.81 bits per heavy atom. The Morgan fingerprint density at radius 3 is 2.58 bits per heavy atom. The lowest BCUT2D eigenvalue weighted by molar-refractivity contribution is 0.0544. The van der Waals surface area contributed by atoms with E-state index in [-0.39, 0.29) is 4.87 Å². The lowest BCUT2D eigenvalue weighted by Crippen LogP contribution is -2.26.